The zero-order valence-corrected chi connectivity index (χ0v) is 10.3. The fraction of sp³-hybridized carbons (Fsp3) is 0.462. The average molecular weight is 249 g/mol. The molecule has 1 aromatic rings. The van der Waals surface area contributed by atoms with Crippen LogP contribution in [-0.4, -0.2) is 25.2 Å². The number of carbonyl (C=O) groups is 1. The second-order valence-electron chi connectivity index (χ2n) is 4.59. The zero-order chi connectivity index (χ0) is 13.0. The molecular formula is C13H19N3O2. The Kier molecular flexibility index (Phi) is 4.04. The van der Waals surface area contributed by atoms with Gasteiger partial charge in [0.25, 0.3) is 5.91 Å². The Morgan fingerprint density at radius 2 is 2.00 bits per heavy atom. The van der Waals surface area contributed by atoms with Crippen LogP contribution >= 0.6 is 0 Å². The standard InChI is InChI=1S/C13H19N3O2/c14-10-5-9(6-11(15)7-10)13(17)16-8-12-3-1-2-4-18-12/h5-7,12H,1-4,8,14-15H2,(H,16,17). The summed E-state index contributed by atoms with van der Waals surface area (Å²) in [6.07, 6.45) is 3.39. The fourth-order valence-electron chi connectivity index (χ4n) is 2.08. The van der Waals surface area contributed by atoms with E-state index in [0.29, 0.717) is 23.5 Å². The van der Waals surface area contributed by atoms with Crippen molar-refractivity contribution in [3.05, 3.63) is 23.8 Å². The van der Waals surface area contributed by atoms with Crippen molar-refractivity contribution in [1.82, 2.24) is 5.32 Å². The van der Waals surface area contributed by atoms with Gasteiger partial charge in [-0.1, -0.05) is 0 Å². The van der Waals surface area contributed by atoms with Gasteiger partial charge in [-0.3, -0.25) is 4.79 Å². The van der Waals surface area contributed by atoms with Gasteiger partial charge in [-0.25, -0.2) is 0 Å². The molecule has 1 fully saturated rings. The highest BCUT2D eigenvalue weighted by Gasteiger charge is 2.15. The van der Waals surface area contributed by atoms with Crippen molar-refractivity contribution < 1.29 is 9.53 Å². The van der Waals surface area contributed by atoms with Gasteiger partial charge in [0.2, 0.25) is 0 Å². The lowest BCUT2D eigenvalue weighted by atomic mass is 10.1. The molecule has 2 rings (SSSR count). The summed E-state index contributed by atoms with van der Waals surface area (Å²) >= 11 is 0. The van der Waals surface area contributed by atoms with Crippen molar-refractivity contribution in [2.45, 2.75) is 25.4 Å². The molecule has 1 heterocycles. The first-order valence-corrected chi connectivity index (χ1v) is 6.21. The van der Waals surface area contributed by atoms with Crippen LogP contribution in [0.2, 0.25) is 0 Å². The molecule has 5 heteroatoms. The Morgan fingerprint density at radius 1 is 1.28 bits per heavy atom. The summed E-state index contributed by atoms with van der Waals surface area (Å²) in [6.45, 7) is 1.32. The van der Waals surface area contributed by atoms with E-state index in [4.69, 9.17) is 16.2 Å². The minimum atomic E-state index is -0.164. The zero-order valence-electron chi connectivity index (χ0n) is 10.3. The highest BCUT2D eigenvalue weighted by atomic mass is 16.5. The summed E-state index contributed by atoms with van der Waals surface area (Å²) in [5, 5.41) is 2.85. The monoisotopic (exact) mass is 249 g/mol. The minimum absolute atomic E-state index is 0.126. The highest BCUT2D eigenvalue weighted by Crippen LogP contribution is 2.14. The molecule has 1 saturated heterocycles. The van der Waals surface area contributed by atoms with Crippen LogP contribution in [0.3, 0.4) is 0 Å². The molecule has 0 bridgehead atoms. The van der Waals surface area contributed by atoms with Crippen molar-refractivity contribution in [3.63, 3.8) is 0 Å². The van der Waals surface area contributed by atoms with Crippen molar-refractivity contribution >= 4 is 17.3 Å². The second-order valence-corrected chi connectivity index (χ2v) is 4.59. The average Bonchev–Trinajstić information content (AvgIpc) is 2.36. The Hall–Kier alpha value is -1.75. The molecule has 98 valence electrons. The molecule has 5 N–H and O–H groups in total. The predicted molar refractivity (Wildman–Crippen MR) is 71.2 cm³/mol. The molecule has 1 aliphatic heterocycles. The predicted octanol–water partition coefficient (Wildman–Crippen LogP) is 1.15. The molecule has 1 aromatic carbocycles. The first-order chi connectivity index (χ1) is 8.65. The lowest BCUT2D eigenvalue weighted by molar-refractivity contribution is 0.0169. The van der Waals surface area contributed by atoms with E-state index in [9.17, 15) is 4.79 Å². The summed E-state index contributed by atoms with van der Waals surface area (Å²) in [6, 6.07) is 4.86. The topological polar surface area (TPSA) is 90.4 Å². The van der Waals surface area contributed by atoms with Crippen LogP contribution in [0.5, 0.6) is 0 Å². The van der Waals surface area contributed by atoms with E-state index in [1.807, 2.05) is 0 Å². The quantitative estimate of drug-likeness (QED) is 0.701. The van der Waals surface area contributed by atoms with Crippen LogP contribution in [-0.2, 0) is 4.74 Å². The van der Waals surface area contributed by atoms with E-state index in [-0.39, 0.29) is 12.0 Å². The molecular weight excluding hydrogens is 230 g/mol. The van der Waals surface area contributed by atoms with Crippen molar-refractivity contribution in [3.8, 4) is 0 Å². The number of nitrogens with two attached hydrogens (primary N) is 2. The van der Waals surface area contributed by atoms with E-state index in [1.165, 1.54) is 0 Å². The first-order valence-electron chi connectivity index (χ1n) is 6.21. The summed E-state index contributed by atoms with van der Waals surface area (Å²) in [7, 11) is 0. The van der Waals surface area contributed by atoms with Crippen molar-refractivity contribution in [2.24, 2.45) is 0 Å². The van der Waals surface area contributed by atoms with Gasteiger partial charge in [0.1, 0.15) is 0 Å². The van der Waals surface area contributed by atoms with Crippen LogP contribution in [0.4, 0.5) is 11.4 Å². The number of carbonyl (C=O) groups excluding carboxylic acids is 1. The third-order valence-corrected chi connectivity index (χ3v) is 3.00. The van der Waals surface area contributed by atoms with Crippen molar-refractivity contribution in [2.75, 3.05) is 24.6 Å². The van der Waals surface area contributed by atoms with E-state index in [0.717, 1.165) is 25.9 Å². The maximum atomic E-state index is 11.9. The second kappa shape index (κ2) is 5.73. The molecule has 0 spiro atoms. The van der Waals surface area contributed by atoms with Gasteiger partial charge in [0.05, 0.1) is 6.10 Å². The summed E-state index contributed by atoms with van der Waals surface area (Å²) in [5.41, 5.74) is 12.8. The number of anilines is 2. The Balaban J connectivity index is 1.90. The van der Waals surface area contributed by atoms with Crippen molar-refractivity contribution in [1.29, 1.82) is 0 Å². The van der Waals surface area contributed by atoms with E-state index >= 15 is 0 Å². The number of ether oxygens (including phenoxy) is 1. The number of hydrogen-bond donors (Lipinski definition) is 3. The molecule has 0 saturated carbocycles. The number of nitrogen functional groups attached to an aromatic ring is 2. The van der Waals surface area contributed by atoms with Gasteiger partial charge in [-0.15, -0.1) is 0 Å². The number of amides is 1. The first kappa shape index (κ1) is 12.7. The lowest BCUT2D eigenvalue weighted by Crippen LogP contribution is -2.35. The molecule has 18 heavy (non-hydrogen) atoms. The summed E-state index contributed by atoms with van der Waals surface area (Å²) in [5.74, 6) is -0.164. The SMILES string of the molecule is Nc1cc(N)cc(C(=O)NCC2CCCCO2)c1. The molecule has 0 aliphatic carbocycles. The number of hydrogen-bond acceptors (Lipinski definition) is 4. The van der Waals surface area contributed by atoms with Gasteiger partial charge in [0, 0.05) is 30.1 Å². The van der Waals surface area contributed by atoms with Gasteiger partial charge < -0.3 is 21.5 Å². The van der Waals surface area contributed by atoms with Gasteiger partial charge in [0.15, 0.2) is 0 Å². The molecule has 0 radical (unpaired) electrons. The number of benzene rings is 1. The number of nitrogens with one attached hydrogen (secondary N) is 1. The minimum Gasteiger partial charge on any atom is -0.399 e. The van der Waals surface area contributed by atoms with Crippen LogP contribution in [0.1, 0.15) is 29.6 Å². The molecule has 1 unspecified atom stereocenters. The molecule has 1 aliphatic rings. The van der Waals surface area contributed by atoms with E-state index < -0.39 is 0 Å². The maximum Gasteiger partial charge on any atom is 0.251 e. The van der Waals surface area contributed by atoms with E-state index in [2.05, 4.69) is 5.32 Å². The normalized spacial score (nSPS) is 19.4. The molecule has 5 nitrogen and oxygen atoms in total. The molecule has 0 aromatic heterocycles. The summed E-state index contributed by atoms with van der Waals surface area (Å²) < 4.78 is 5.55. The largest absolute Gasteiger partial charge is 0.399 e. The van der Waals surface area contributed by atoms with Gasteiger partial charge in [-0.2, -0.15) is 0 Å². The Labute approximate surface area is 106 Å². The van der Waals surface area contributed by atoms with Crippen LogP contribution < -0.4 is 16.8 Å². The van der Waals surface area contributed by atoms with Crippen LogP contribution in [0.25, 0.3) is 0 Å². The molecule has 1 amide bonds. The fourth-order valence-corrected chi connectivity index (χ4v) is 2.08. The third kappa shape index (κ3) is 3.37. The molecule has 1 atom stereocenters. The summed E-state index contributed by atoms with van der Waals surface area (Å²) in [4.78, 5) is 11.9. The highest BCUT2D eigenvalue weighted by molar-refractivity contribution is 5.96. The third-order valence-electron chi connectivity index (χ3n) is 3.00. The number of rotatable bonds is 3. The lowest BCUT2D eigenvalue weighted by Gasteiger charge is -2.22. The van der Waals surface area contributed by atoms with Gasteiger partial charge >= 0.3 is 0 Å². The smallest absolute Gasteiger partial charge is 0.251 e. The maximum absolute atomic E-state index is 11.9. The Bertz CT molecular complexity index is 408. The van der Waals surface area contributed by atoms with Crippen LogP contribution in [0.15, 0.2) is 18.2 Å². The van der Waals surface area contributed by atoms with Gasteiger partial charge in [-0.05, 0) is 37.5 Å². The Morgan fingerprint density at radius 3 is 2.61 bits per heavy atom. The van der Waals surface area contributed by atoms with Crippen LogP contribution in [0, 0.1) is 0 Å². The van der Waals surface area contributed by atoms with E-state index in [1.54, 1.807) is 18.2 Å².